The van der Waals surface area contributed by atoms with Crippen molar-refractivity contribution in [3.05, 3.63) is 29.8 Å². The summed E-state index contributed by atoms with van der Waals surface area (Å²) in [6.45, 7) is 7.00. The van der Waals surface area contributed by atoms with Crippen LogP contribution in [0.5, 0.6) is 5.75 Å². The first-order valence-corrected chi connectivity index (χ1v) is 7.36. The van der Waals surface area contributed by atoms with Crippen molar-refractivity contribution in [2.24, 2.45) is 16.6 Å². The third-order valence-corrected chi connectivity index (χ3v) is 2.78. The molecule has 0 aromatic heterocycles. The van der Waals surface area contributed by atoms with Crippen molar-refractivity contribution in [3.8, 4) is 5.75 Å². The maximum Gasteiger partial charge on any atom is 0.188 e. The number of rotatable bonds is 9. The van der Waals surface area contributed by atoms with E-state index in [0.29, 0.717) is 31.6 Å². The zero-order valence-corrected chi connectivity index (χ0v) is 13.3. The van der Waals surface area contributed by atoms with Crippen LogP contribution in [0.1, 0.15) is 25.8 Å². The molecule has 0 fully saturated rings. The molecule has 0 aliphatic rings. The van der Waals surface area contributed by atoms with E-state index < -0.39 is 0 Å². The van der Waals surface area contributed by atoms with E-state index in [1.54, 1.807) is 7.11 Å². The first-order chi connectivity index (χ1) is 10.1. The number of guanidine groups is 1. The average Bonchev–Trinajstić information content (AvgIpc) is 2.48. The van der Waals surface area contributed by atoms with Crippen LogP contribution < -0.4 is 15.8 Å². The van der Waals surface area contributed by atoms with Crippen LogP contribution in [-0.2, 0) is 11.3 Å². The van der Waals surface area contributed by atoms with Crippen LogP contribution in [0, 0.1) is 5.92 Å². The Kier molecular flexibility index (Phi) is 8.28. The molecule has 0 amide bonds. The molecule has 1 aromatic carbocycles. The van der Waals surface area contributed by atoms with Gasteiger partial charge >= 0.3 is 0 Å². The molecule has 118 valence electrons. The van der Waals surface area contributed by atoms with Gasteiger partial charge < -0.3 is 20.5 Å². The second kappa shape index (κ2) is 10.0. The van der Waals surface area contributed by atoms with Crippen molar-refractivity contribution in [1.82, 2.24) is 5.32 Å². The second-order valence-electron chi connectivity index (χ2n) is 5.32. The van der Waals surface area contributed by atoms with E-state index in [1.165, 1.54) is 0 Å². The second-order valence-corrected chi connectivity index (χ2v) is 5.32. The molecule has 0 saturated carbocycles. The summed E-state index contributed by atoms with van der Waals surface area (Å²) in [5.41, 5.74) is 6.89. The van der Waals surface area contributed by atoms with E-state index in [2.05, 4.69) is 24.2 Å². The predicted octanol–water partition coefficient (Wildman–Crippen LogP) is 2.16. The molecule has 0 radical (unpaired) electrons. The molecular weight excluding hydrogens is 266 g/mol. The van der Waals surface area contributed by atoms with Crippen LogP contribution in [0.3, 0.4) is 0 Å². The molecule has 0 unspecified atom stereocenters. The van der Waals surface area contributed by atoms with Gasteiger partial charge in [0.05, 0.1) is 13.2 Å². The van der Waals surface area contributed by atoms with Crippen molar-refractivity contribution >= 4 is 5.96 Å². The van der Waals surface area contributed by atoms with Crippen LogP contribution in [0.2, 0.25) is 0 Å². The smallest absolute Gasteiger partial charge is 0.188 e. The van der Waals surface area contributed by atoms with Crippen LogP contribution >= 0.6 is 0 Å². The third kappa shape index (κ3) is 8.19. The first-order valence-electron chi connectivity index (χ1n) is 7.36. The number of ether oxygens (including phenoxy) is 2. The highest BCUT2D eigenvalue weighted by Crippen LogP contribution is 2.14. The summed E-state index contributed by atoms with van der Waals surface area (Å²) in [4.78, 5) is 4.32. The highest BCUT2D eigenvalue weighted by Gasteiger charge is 1.98. The summed E-state index contributed by atoms with van der Waals surface area (Å²) in [5.74, 6) is 1.88. The Balaban J connectivity index is 2.42. The van der Waals surface area contributed by atoms with Crippen molar-refractivity contribution in [3.63, 3.8) is 0 Å². The summed E-state index contributed by atoms with van der Waals surface area (Å²) in [7, 11) is 1.69. The van der Waals surface area contributed by atoms with Gasteiger partial charge in [0.25, 0.3) is 0 Å². The van der Waals surface area contributed by atoms with E-state index in [9.17, 15) is 0 Å². The lowest BCUT2D eigenvalue weighted by atomic mass is 10.2. The fourth-order valence-corrected chi connectivity index (χ4v) is 1.67. The molecule has 0 bridgehead atoms. The average molecular weight is 293 g/mol. The maximum atomic E-state index is 5.82. The molecule has 1 aromatic rings. The minimum atomic E-state index is 0.482. The molecule has 0 aliphatic heterocycles. The van der Waals surface area contributed by atoms with Gasteiger partial charge in [-0.3, -0.25) is 0 Å². The van der Waals surface area contributed by atoms with Gasteiger partial charge in [0.1, 0.15) is 5.75 Å². The lowest BCUT2D eigenvalue weighted by Gasteiger charge is -2.09. The van der Waals surface area contributed by atoms with E-state index in [1.807, 2.05) is 24.3 Å². The number of methoxy groups -OCH3 is 1. The predicted molar refractivity (Wildman–Crippen MR) is 86.6 cm³/mol. The quantitative estimate of drug-likeness (QED) is 0.416. The monoisotopic (exact) mass is 293 g/mol. The van der Waals surface area contributed by atoms with Gasteiger partial charge in [-0.2, -0.15) is 0 Å². The normalized spacial score (nSPS) is 11.7. The Hall–Kier alpha value is -1.75. The highest BCUT2D eigenvalue weighted by atomic mass is 16.5. The summed E-state index contributed by atoms with van der Waals surface area (Å²) in [6.07, 6.45) is 0.880. The Morgan fingerprint density at radius 2 is 2.14 bits per heavy atom. The Morgan fingerprint density at radius 1 is 1.33 bits per heavy atom. The van der Waals surface area contributed by atoms with Crippen LogP contribution in [0.15, 0.2) is 29.3 Å². The molecule has 0 heterocycles. The van der Waals surface area contributed by atoms with Gasteiger partial charge in [-0.05, 0) is 23.6 Å². The van der Waals surface area contributed by atoms with E-state index >= 15 is 0 Å². The van der Waals surface area contributed by atoms with E-state index in [-0.39, 0.29) is 0 Å². The van der Waals surface area contributed by atoms with Crippen molar-refractivity contribution in [2.45, 2.75) is 26.8 Å². The largest absolute Gasteiger partial charge is 0.493 e. The summed E-state index contributed by atoms with van der Waals surface area (Å²) in [5, 5.41) is 3.10. The lowest BCUT2D eigenvalue weighted by Crippen LogP contribution is -2.34. The highest BCUT2D eigenvalue weighted by molar-refractivity contribution is 5.77. The Labute approximate surface area is 127 Å². The number of hydrogen-bond acceptors (Lipinski definition) is 3. The summed E-state index contributed by atoms with van der Waals surface area (Å²) >= 11 is 0. The molecule has 0 atom stereocenters. The van der Waals surface area contributed by atoms with E-state index in [0.717, 1.165) is 24.3 Å². The standard InChI is InChI=1S/C16H27N3O2/c1-13(2)11-18-16(17)19-12-14-6-4-7-15(10-14)21-9-5-8-20-3/h4,6-7,10,13H,5,8-9,11-12H2,1-3H3,(H3,17,18,19). The summed E-state index contributed by atoms with van der Waals surface area (Å²) < 4.78 is 10.6. The minimum absolute atomic E-state index is 0.482. The number of hydrogen-bond donors (Lipinski definition) is 2. The van der Waals surface area contributed by atoms with Gasteiger partial charge in [0.2, 0.25) is 0 Å². The lowest BCUT2D eigenvalue weighted by molar-refractivity contribution is 0.172. The van der Waals surface area contributed by atoms with Gasteiger partial charge in [-0.25, -0.2) is 4.99 Å². The fraction of sp³-hybridized carbons (Fsp3) is 0.562. The van der Waals surface area contributed by atoms with Gasteiger partial charge in [0, 0.05) is 26.7 Å². The van der Waals surface area contributed by atoms with Crippen LogP contribution in [-0.4, -0.2) is 32.8 Å². The number of aliphatic imine (C=N–C) groups is 1. The molecular formula is C16H27N3O2. The summed E-state index contributed by atoms with van der Waals surface area (Å²) in [6, 6.07) is 7.92. The van der Waals surface area contributed by atoms with Crippen molar-refractivity contribution < 1.29 is 9.47 Å². The first kappa shape index (κ1) is 17.3. The van der Waals surface area contributed by atoms with Crippen LogP contribution in [0.4, 0.5) is 0 Å². The van der Waals surface area contributed by atoms with Gasteiger partial charge in [-0.1, -0.05) is 26.0 Å². The zero-order valence-electron chi connectivity index (χ0n) is 13.3. The molecule has 0 aliphatic carbocycles. The van der Waals surface area contributed by atoms with Gasteiger partial charge in [0.15, 0.2) is 5.96 Å². The van der Waals surface area contributed by atoms with Crippen LogP contribution in [0.25, 0.3) is 0 Å². The van der Waals surface area contributed by atoms with Crippen molar-refractivity contribution in [2.75, 3.05) is 26.9 Å². The minimum Gasteiger partial charge on any atom is -0.493 e. The van der Waals surface area contributed by atoms with Gasteiger partial charge in [-0.15, -0.1) is 0 Å². The third-order valence-electron chi connectivity index (χ3n) is 2.78. The molecule has 5 nitrogen and oxygen atoms in total. The van der Waals surface area contributed by atoms with Crippen molar-refractivity contribution in [1.29, 1.82) is 0 Å². The SMILES string of the molecule is COCCCOc1cccc(CN=C(N)NCC(C)C)c1. The molecule has 3 N–H and O–H groups in total. The number of nitrogens with one attached hydrogen (secondary N) is 1. The zero-order chi connectivity index (χ0) is 15.5. The Bertz CT molecular complexity index is 433. The fourth-order valence-electron chi connectivity index (χ4n) is 1.67. The maximum absolute atomic E-state index is 5.82. The number of nitrogens with two attached hydrogens (primary N) is 1. The molecule has 0 saturated heterocycles. The number of nitrogens with zero attached hydrogens (tertiary/aromatic N) is 1. The topological polar surface area (TPSA) is 68.9 Å². The molecule has 5 heteroatoms. The molecule has 21 heavy (non-hydrogen) atoms. The number of benzene rings is 1. The van der Waals surface area contributed by atoms with E-state index in [4.69, 9.17) is 15.2 Å². The molecule has 0 spiro atoms. The Morgan fingerprint density at radius 3 is 2.86 bits per heavy atom. The molecule has 1 rings (SSSR count).